The summed E-state index contributed by atoms with van der Waals surface area (Å²) in [5.74, 6) is 0.189. The normalized spacial score (nSPS) is 18.9. The number of nitrogens with one attached hydrogen (secondary N) is 2. The summed E-state index contributed by atoms with van der Waals surface area (Å²) in [5.41, 5.74) is 5.00. The average Bonchev–Trinajstić information content (AvgIpc) is 2.99. The van der Waals surface area contributed by atoms with Crippen LogP contribution in [0.1, 0.15) is 61.2 Å². The first-order chi connectivity index (χ1) is 19.0. The van der Waals surface area contributed by atoms with Crippen LogP contribution in [0.3, 0.4) is 0 Å². The van der Waals surface area contributed by atoms with E-state index < -0.39 is 12.2 Å². The van der Waals surface area contributed by atoms with Crippen LogP contribution in [0.2, 0.25) is 0 Å². The first kappa shape index (κ1) is 28.8. The van der Waals surface area contributed by atoms with E-state index in [-0.39, 0.29) is 37.6 Å². The van der Waals surface area contributed by atoms with Crippen molar-refractivity contribution in [1.29, 1.82) is 0 Å². The predicted molar refractivity (Wildman–Crippen MR) is 149 cm³/mol. The molecule has 8 nitrogen and oxygen atoms in total. The van der Waals surface area contributed by atoms with E-state index in [0.29, 0.717) is 24.9 Å². The fourth-order valence-electron chi connectivity index (χ4n) is 4.30. The van der Waals surface area contributed by atoms with E-state index >= 15 is 0 Å². The molecule has 0 aromatic heterocycles. The summed E-state index contributed by atoms with van der Waals surface area (Å²) >= 11 is 1.75. The largest absolute Gasteiger partial charge is 0.392 e. The lowest BCUT2D eigenvalue weighted by Gasteiger charge is -2.36. The molecule has 0 aliphatic carbocycles. The number of unbranched alkanes of at least 4 members (excludes halogenated alkanes) is 1. The van der Waals surface area contributed by atoms with Crippen molar-refractivity contribution in [2.24, 2.45) is 0 Å². The summed E-state index contributed by atoms with van der Waals surface area (Å²) in [6, 6.07) is 25.5. The first-order valence-electron chi connectivity index (χ1n) is 13.0. The van der Waals surface area contributed by atoms with Crippen molar-refractivity contribution in [3.63, 3.8) is 0 Å². The molecule has 0 spiro atoms. The van der Waals surface area contributed by atoms with E-state index in [2.05, 4.69) is 17.4 Å². The molecule has 0 radical (unpaired) electrons. The molecule has 2 amide bonds. The van der Waals surface area contributed by atoms with Gasteiger partial charge in [0, 0.05) is 41.2 Å². The Kier molecular flexibility index (Phi) is 10.9. The summed E-state index contributed by atoms with van der Waals surface area (Å²) in [4.78, 5) is 24.5. The van der Waals surface area contributed by atoms with Crippen molar-refractivity contribution >= 4 is 29.3 Å². The Morgan fingerprint density at radius 2 is 1.51 bits per heavy atom. The van der Waals surface area contributed by atoms with Crippen LogP contribution in [-0.2, 0) is 25.7 Å². The number of rotatable bonds is 12. The van der Waals surface area contributed by atoms with Crippen molar-refractivity contribution in [3.05, 3.63) is 95.6 Å². The highest BCUT2D eigenvalue weighted by Crippen LogP contribution is 2.39. The fourth-order valence-corrected chi connectivity index (χ4v) is 5.25. The summed E-state index contributed by atoms with van der Waals surface area (Å²) < 4.78 is 12.8. The van der Waals surface area contributed by atoms with E-state index in [4.69, 9.17) is 14.7 Å². The molecule has 1 fully saturated rings. The number of carbonyl (C=O) groups excluding carboxylic acids is 2. The standard InChI is InChI=1S/C30H34N2O6S/c33-19-21-10-12-22(13-11-21)27-18-25(20-39-26-6-2-1-3-7-26)37-30(38-27)23-14-16-24(17-15-23)31-28(34)8-4-5-9-29(35)32-36/h1-3,6-7,10-17,25,27,30,33,36H,4-5,8-9,18-20H2,(H,31,34)(H,32,35)/t25-,27+,30+/m0/s1. The number of aliphatic hydroxyl groups excluding tert-OH is 1. The molecule has 4 rings (SSSR count). The SMILES string of the molecule is O=C(CCCCC(=O)Nc1ccc([C@@H]2O[C@H](CSc3ccccc3)C[C@H](c3ccc(CO)cc3)O2)cc1)NO. The molecule has 1 aliphatic rings. The molecule has 1 heterocycles. The van der Waals surface area contributed by atoms with Crippen LogP contribution in [0.5, 0.6) is 0 Å². The third-order valence-electron chi connectivity index (χ3n) is 6.44. The van der Waals surface area contributed by atoms with Gasteiger partial charge in [-0.1, -0.05) is 54.6 Å². The minimum absolute atomic E-state index is 0.00234. The number of hydrogen-bond donors (Lipinski definition) is 4. The summed E-state index contributed by atoms with van der Waals surface area (Å²) in [6.07, 6.45) is 1.47. The molecular formula is C30H34N2O6S. The highest BCUT2D eigenvalue weighted by molar-refractivity contribution is 7.99. The molecule has 0 bridgehead atoms. The molecule has 0 unspecified atom stereocenters. The second-order valence-corrected chi connectivity index (χ2v) is 10.5. The minimum atomic E-state index is -0.565. The van der Waals surface area contributed by atoms with Crippen molar-refractivity contribution in [2.75, 3.05) is 11.1 Å². The number of ether oxygens (including phenoxy) is 2. The zero-order valence-corrected chi connectivity index (χ0v) is 22.4. The second-order valence-electron chi connectivity index (χ2n) is 9.39. The Labute approximate surface area is 232 Å². The molecule has 3 aromatic rings. The Bertz CT molecular complexity index is 1190. The number of hydrogen-bond acceptors (Lipinski definition) is 7. The van der Waals surface area contributed by atoms with Gasteiger partial charge in [0.15, 0.2) is 6.29 Å². The first-order valence-corrected chi connectivity index (χ1v) is 14.0. The lowest BCUT2D eigenvalue weighted by Crippen LogP contribution is -2.31. The van der Waals surface area contributed by atoms with E-state index in [1.165, 1.54) is 4.90 Å². The van der Waals surface area contributed by atoms with Crippen LogP contribution in [0.25, 0.3) is 0 Å². The van der Waals surface area contributed by atoms with Crippen molar-refractivity contribution < 1.29 is 29.4 Å². The third-order valence-corrected chi connectivity index (χ3v) is 7.59. The smallest absolute Gasteiger partial charge is 0.243 e. The van der Waals surface area contributed by atoms with Crippen LogP contribution in [0, 0.1) is 0 Å². The Hall–Kier alpha value is -3.21. The third kappa shape index (κ3) is 8.91. The molecule has 206 valence electrons. The number of anilines is 1. The maximum Gasteiger partial charge on any atom is 0.243 e. The number of benzene rings is 3. The fraction of sp³-hybridized carbons (Fsp3) is 0.333. The maximum absolute atomic E-state index is 12.3. The van der Waals surface area contributed by atoms with Gasteiger partial charge in [-0.3, -0.25) is 14.8 Å². The summed E-state index contributed by atoms with van der Waals surface area (Å²) in [5, 5.41) is 20.8. The van der Waals surface area contributed by atoms with Gasteiger partial charge in [0.1, 0.15) is 0 Å². The van der Waals surface area contributed by atoms with Crippen molar-refractivity contribution in [2.45, 2.75) is 62.1 Å². The van der Waals surface area contributed by atoms with Crippen molar-refractivity contribution in [3.8, 4) is 0 Å². The van der Waals surface area contributed by atoms with Crippen LogP contribution in [0.4, 0.5) is 5.69 Å². The second kappa shape index (κ2) is 14.8. The van der Waals surface area contributed by atoms with E-state index in [0.717, 1.165) is 22.4 Å². The predicted octanol–water partition coefficient (Wildman–Crippen LogP) is 5.52. The molecule has 4 N–H and O–H groups in total. The Morgan fingerprint density at radius 1 is 0.846 bits per heavy atom. The molecule has 3 aromatic carbocycles. The lowest BCUT2D eigenvalue weighted by molar-refractivity contribution is -0.245. The lowest BCUT2D eigenvalue weighted by atomic mass is 10.0. The highest BCUT2D eigenvalue weighted by Gasteiger charge is 2.32. The van der Waals surface area contributed by atoms with Gasteiger partial charge in [0.2, 0.25) is 11.8 Å². The summed E-state index contributed by atoms with van der Waals surface area (Å²) in [6.45, 7) is -0.00234. The Balaban J connectivity index is 1.39. The van der Waals surface area contributed by atoms with Gasteiger partial charge in [-0.05, 0) is 48.2 Å². The van der Waals surface area contributed by atoms with Crippen LogP contribution >= 0.6 is 11.8 Å². The quantitative estimate of drug-likeness (QED) is 0.102. The maximum atomic E-state index is 12.3. The zero-order valence-electron chi connectivity index (χ0n) is 21.6. The Morgan fingerprint density at radius 3 is 2.18 bits per heavy atom. The van der Waals surface area contributed by atoms with Gasteiger partial charge < -0.3 is 19.9 Å². The van der Waals surface area contributed by atoms with E-state index in [1.54, 1.807) is 17.2 Å². The summed E-state index contributed by atoms with van der Waals surface area (Å²) in [7, 11) is 0. The van der Waals surface area contributed by atoms with Gasteiger partial charge >= 0.3 is 0 Å². The van der Waals surface area contributed by atoms with Crippen LogP contribution in [-0.4, -0.2) is 34.0 Å². The van der Waals surface area contributed by atoms with Crippen molar-refractivity contribution in [1.82, 2.24) is 5.48 Å². The number of thioether (sulfide) groups is 1. The van der Waals surface area contributed by atoms with Crippen LogP contribution < -0.4 is 10.8 Å². The molecule has 1 saturated heterocycles. The monoisotopic (exact) mass is 550 g/mol. The number of amides is 2. The topological polar surface area (TPSA) is 117 Å². The highest BCUT2D eigenvalue weighted by atomic mass is 32.2. The molecule has 3 atom stereocenters. The molecule has 0 saturated carbocycles. The molecule has 1 aliphatic heterocycles. The number of carbonyl (C=O) groups is 2. The molecular weight excluding hydrogens is 516 g/mol. The zero-order chi connectivity index (χ0) is 27.5. The van der Waals surface area contributed by atoms with Gasteiger partial charge in [0.25, 0.3) is 0 Å². The van der Waals surface area contributed by atoms with E-state index in [1.807, 2.05) is 66.7 Å². The van der Waals surface area contributed by atoms with Crippen LogP contribution in [0.15, 0.2) is 83.8 Å². The average molecular weight is 551 g/mol. The minimum Gasteiger partial charge on any atom is -0.392 e. The number of aliphatic hydroxyl groups is 1. The van der Waals surface area contributed by atoms with Gasteiger partial charge in [-0.15, -0.1) is 11.8 Å². The molecule has 9 heteroatoms. The van der Waals surface area contributed by atoms with E-state index in [9.17, 15) is 14.7 Å². The van der Waals surface area contributed by atoms with Gasteiger partial charge in [-0.25, -0.2) is 5.48 Å². The molecule has 39 heavy (non-hydrogen) atoms. The van der Waals surface area contributed by atoms with Gasteiger partial charge in [-0.2, -0.15) is 0 Å². The van der Waals surface area contributed by atoms with Gasteiger partial charge in [0.05, 0.1) is 18.8 Å². The number of hydroxylamine groups is 1.